The Balaban J connectivity index is -0.000000107. The van der Waals surface area contributed by atoms with E-state index in [0.29, 0.717) is 0 Å². The summed E-state index contributed by atoms with van der Waals surface area (Å²) in [5.41, 5.74) is 0. The standard InChI is InChI=1S/Mo.8O.2Re/q+4;;;;;4*-1;;. The van der Waals surface area contributed by atoms with Crippen LogP contribution in [0.5, 0.6) is 0 Å². The van der Waals surface area contributed by atoms with Crippen LogP contribution in [0, 0.1) is 0 Å². The predicted molar refractivity (Wildman–Crippen MR) is 2.75 cm³/mol. The molecular formula is MoO8Re2. The summed E-state index contributed by atoms with van der Waals surface area (Å²) in [7, 11) is 0. The summed E-state index contributed by atoms with van der Waals surface area (Å²) in [6.07, 6.45) is 0. The average molecular weight is 596 g/mol. The van der Waals surface area contributed by atoms with Crippen molar-refractivity contribution in [1.29, 1.82) is 0 Å². The molecule has 11 heavy (non-hydrogen) atoms. The van der Waals surface area contributed by atoms with Gasteiger partial charge < -0.3 is 0 Å². The normalized spacial score (nSPS) is 10.5. The second kappa shape index (κ2) is 6.56. The van der Waals surface area contributed by atoms with Crippen molar-refractivity contribution in [2.45, 2.75) is 0 Å². The zero-order chi connectivity index (χ0) is 9.00. The van der Waals surface area contributed by atoms with Crippen molar-refractivity contribution in [2.24, 2.45) is 0 Å². The summed E-state index contributed by atoms with van der Waals surface area (Å²) >= 11 is -12.2. The molecule has 0 saturated heterocycles. The van der Waals surface area contributed by atoms with Gasteiger partial charge in [-0.15, -0.1) is 0 Å². The molecule has 0 heterocycles. The zero-order valence-electron chi connectivity index (χ0n) is 4.43. The van der Waals surface area contributed by atoms with Crippen LogP contribution in [-0.4, -0.2) is 0 Å². The van der Waals surface area contributed by atoms with Crippen LogP contribution < -0.4 is 15.3 Å². The van der Waals surface area contributed by atoms with E-state index in [0.717, 1.165) is 0 Å². The molecule has 0 amide bonds. The second-order valence-corrected chi connectivity index (χ2v) is 6.19. The Kier molecular flexibility index (Phi) is 10.7. The van der Waals surface area contributed by atoms with E-state index in [2.05, 4.69) is 0 Å². The van der Waals surface area contributed by atoms with Gasteiger partial charge in [0.15, 0.2) is 0 Å². The van der Waals surface area contributed by atoms with E-state index in [-0.39, 0.29) is 21.1 Å². The first-order valence-electron chi connectivity index (χ1n) is 1.23. The van der Waals surface area contributed by atoms with E-state index in [1.54, 1.807) is 0 Å². The van der Waals surface area contributed by atoms with Crippen molar-refractivity contribution in [3.63, 3.8) is 0 Å². The van der Waals surface area contributed by atoms with Crippen LogP contribution in [0.25, 0.3) is 0 Å². The fraction of sp³-hybridized carbons (Fsp3) is 0. The van der Waals surface area contributed by atoms with E-state index in [1.165, 1.54) is 0 Å². The molecule has 0 aromatic carbocycles. The topological polar surface area (TPSA) is 161 Å². The van der Waals surface area contributed by atoms with E-state index in [1.807, 2.05) is 0 Å². The molecule has 11 heteroatoms. The molecule has 0 unspecified atom stereocenters. The van der Waals surface area contributed by atoms with E-state index in [9.17, 15) is 0 Å². The Bertz CT molecular complexity index is 208. The molecule has 68 valence electrons. The van der Waals surface area contributed by atoms with Gasteiger partial charge in [0.2, 0.25) is 0 Å². The third kappa shape index (κ3) is 817. The van der Waals surface area contributed by atoms with Gasteiger partial charge in [-0.3, -0.25) is 0 Å². The molecule has 0 saturated carbocycles. The first kappa shape index (κ1) is 18.0. The molecule has 0 aromatic heterocycles. The van der Waals surface area contributed by atoms with Gasteiger partial charge in [-0.1, -0.05) is 0 Å². The molecule has 0 spiro atoms. The summed E-state index contributed by atoms with van der Waals surface area (Å²) in [4.78, 5) is 0. The minimum atomic E-state index is -6.11. The third-order valence-corrected chi connectivity index (χ3v) is 0. The zero-order valence-corrected chi connectivity index (χ0v) is 11.9. The van der Waals surface area contributed by atoms with Crippen molar-refractivity contribution in [3.8, 4) is 0 Å². The molecule has 0 N–H and O–H groups in total. The van der Waals surface area contributed by atoms with Crippen molar-refractivity contribution in [1.82, 2.24) is 0 Å². The molecule has 0 rings (SSSR count). The Morgan fingerprint density at radius 1 is 0.636 bits per heavy atom. The molecule has 0 fully saturated rings. The SMILES string of the molecule is [Mo+4].[O]=[Re](=[O])([O-])[O-].[O]=[Re](=[O])([O-])[O-]. The van der Waals surface area contributed by atoms with Crippen LogP contribution in [0.4, 0.5) is 0 Å². The fourth-order valence-corrected chi connectivity index (χ4v) is 0. The first-order chi connectivity index (χ1) is 4.00. The Morgan fingerprint density at radius 3 is 0.636 bits per heavy atom. The van der Waals surface area contributed by atoms with Gasteiger partial charge >= 0.3 is 82.7 Å². The van der Waals surface area contributed by atoms with Crippen molar-refractivity contribution >= 4 is 0 Å². The van der Waals surface area contributed by atoms with Crippen LogP contribution >= 0.6 is 0 Å². The average Bonchev–Trinajstić information content (AvgIpc) is 1.12. The Labute approximate surface area is 82.1 Å². The summed E-state index contributed by atoms with van der Waals surface area (Å²) in [5, 5.41) is 0. The number of hydrogen-bond donors (Lipinski definition) is 0. The minimum absolute atomic E-state index is 0. The van der Waals surface area contributed by atoms with Gasteiger partial charge in [0.1, 0.15) is 0 Å². The maximum absolute atomic E-state index is 8.64. The summed E-state index contributed by atoms with van der Waals surface area (Å²) in [6, 6.07) is 0. The number of rotatable bonds is 0. The van der Waals surface area contributed by atoms with Crippen LogP contribution in [0.15, 0.2) is 0 Å². The molecule has 0 bridgehead atoms. The summed E-state index contributed by atoms with van der Waals surface area (Å²) in [5.74, 6) is 0. The van der Waals surface area contributed by atoms with Crippen molar-refractivity contribution in [3.05, 3.63) is 0 Å². The third-order valence-electron chi connectivity index (χ3n) is 0. The van der Waals surface area contributed by atoms with Crippen LogP contribution in [0.1, 0.15) is 0 Å². The molecule has 0 atom stereocenters. The quantitative estimate of drug-likeness (QED) is 0.251. The van der Waals surface area contributed by atoms with Crippen molar-refractivity contribution in [2.75, 3.05) is 0 Å². The van der Waals surface area contributed by atoms with E-state index in [4.69, 9.17) is 29.2 Å². The molecular weight excluding hydrogens is 596 g/mol. The molecule has 8 nitrogen and oxygen atoms in total. The van der Waals surface area contributed by atoms with Gasteiger partial charge in [0, 0.05) is 0 Å². The van der Waals surface area contributed by atoms with E-state index < -0.39 is 32.4 Å². The summed E-state index contributed by atoms with van der Waals surface area (Å²) < 4.78 is 69.1. The second-order valence-electron chi connectivity index (χ2n) is 0.756. The van der Waals surface area contributed by atoms with Crippen LogP contribution in [0.3, 0.4) is 0 Å². The van der Waals surface area contributed by atoms with Gasteiger partial charge in [0.05, 0.1) is 0 Å². The molecule has 0 aliphatic carbocycles. The Hall–Kier alpha value is 1.05. The number of hydrogen-bond acceptors (Lipinski definition) is 8. The Morgan fingerprint density at radius 2 is 0.636 bits per heavy atom. The van der Waals surface area contributed by atoms with Gasteiger partial charge in [-0.05, 0) is 0 Å². The maximum atomic E-state index is 8.64. The molecule has 0 radical (unpaired) electrons. The van der Waals surface area contributed by atoms with Crippen LogP contribution in [-0.2, 0) is 67.3 Å². The monoisotopic (exact) mass is 600 g/mol. The molecule has 0 aliphatic heterocycles. The van der Waals surface area contributed by atoms with Crippen LogP contribution in [0.2, 0.25) is 0 Å². The van der Waals surface area contributed by atoms with Gasteiger partial charge in [0.25, 0.3) is 0 Å². The van der Waals surface area contributed by atoms with E-state index >= 15 is 0 Å². The van der Waals surface area contributed by atoms with Crippen molar-refractivity contribution < 1.29 is 82.7 Å². The van der Waals surface area contributed by atoms with Gasteiger partial charge in [-0.2, -0.15) is 0 Å². The summed E-state index contributed by atoms with van der Waals surface area (Å²) in [6.45, 7) is 0. The van der Waals surface area contributed by atoms with Gasteiger partial charge in [-0.25, -0.2) is 0 Å². The predicted octanol–water partition coefficient (Wildman–Crippen LogP) is -5.24. The molecule has 0 aromatic rings. The first-order valence-corrected chi connectivity index (χ1v) is 10.1. The fourth-order valence-electron chi connectivity index (χ4n) is 0. The molecule has 0 aliphatic rings.